The van der Waals surface area contributed by atoms with Crippen molar-refractivity contribution in [2.75, 3.05) is 13.1 Å². The van der Waals surface area contributed by atoms with E-state index >= 15 is 0 Å². The number of hydrogen-bond acceptors (Lipinski definition) is 3. The second-order valence-electron chi connectivity index (χ2n) is 4.56. The molecule has 4 nitrogen and oxygen atoms in total. The molecular formula is C16H18N2O2. The lowest BCUT2D eigenvalue weighted by molar-refractivity contribution is -0.129. The molecule has 1 aromatic heterocycles. The van der Waals surface area contributed by atoms with Crippen molar-refractivity contribution in [1.82, 2.24) is 9.88 Å². The molecule has 0 atom stereocenters. The highest BCUT2D eigenvalue weighted by Crippen LogP contribution is 2.13. The number of amides is 1. The maximum atomic E-state index is 12.1. The van der Waals surface area contributed by atoms with Crippen molar-refractivity contribution in [2.24, 2.45) is 0 Å². The third-order valence-corrected chi connectivity index (χ3v) is 3.31. The number of carbonyl (C=O) groups excluding carboxylic acids is 2. The molecule has 0 aliphatic rings. The first kappa shape index (κ1) is 14.2. The molecule has 104 valence electrons. The topological polar surface area (TPSA) is 50.3 Å². The zero-order chi connectivity index (χ0) is 14.5. The molecular weight excluding hydrogens is 252 g/mol. The van der Waals surface area contributed by atoms with Gasteiger partial charge in [0.25, 0.3) is 0 Å². The van der Waals surface area contributed by atoms with Crippen LogP contribution in [-0.4, -0.2) is 34.7 Å². The van der Waals surface area contributed by atoms with E-state index in [2.05, 4.69) is 4.98 Å². The van der Waals surface area contributed by atoms with Gasteiger partial charge in [-0.05, 0) is 26.0 Å². The second kappa shape index (κ2) is 6.28. The molecule has 0 saturated heterocycles. The Labute approximate surface area is 118 Å². The SMILES string of the molecule is CCN(CC)C(=O)CC(=O)c1ccc2ccccc2n1. The Kier molecular flexibility index (Phi) is 4.45. The van der Waals surface area contributed by atoms with E-state index in [-0.39, 0.29) is 18.1 Å². The van der Waals surface area contributed by atoms with Crippen molar-refractivity contribution >= 4 is 22.6 Å². The van der Waals surface area contributed by atoms with Crippen LogP contribution in [0.4, 0.5) is 0 Å². The number of hydrogen-bond donors (Lipinski definition) is 0. The third-order valence-electron chi connectivity index (χ3n) is 3.31. The fourth-order valence-corrected chi connectivity index (χ4v) is 2.14. The number of para-hydroxylation sites is 1. The van der Waals surface area contributed by atoms with Crippen LogP contribution in [0.5, 0.6) is 0 Å². The number of ketones is 1. The molecule has 4 heteroatoms. The number of carbonyl (C=O) groups is 2. The van der Waals surface area contributed by atoms with Crippen molar-refractivity contribution < 1.29 is 9.59 Å². The summed E-state index contributed by atoms with van der Waals surface area (Å²) in [7, 11) is 0. The van der Waals surface area contributed by atoms with Gasteiger partial charge < -0.3 is 4.90 Å². The van der Waals surface area contributed by atoms with Crippen LogP contribution < -0.4 is 0 Å². The molecule has 0 unspecified atom stereocenters. The van der Waals surface area contributed by atoms with Gasteiger partial charge >= 0.3 is 0 Å². The fourth-order valence-electron chi connectivity index (χ4n) is 2.14. The van der Waals surface area contributed by atoms with Crippen molar-refractivity contribution in [2.45, 2.75) is 20.3 Å². The lowest BCUT2D eigenvalue weighted by Crippen LogP contribution is -2.32. The molecule has 0 N–H and O–H groups in total. The zero-order valence-electron chi connectivity index (χ0n) is 11.8. The second-order valence-corrected chi connectivity index (χ2v) is 4.56. The Morgan fingerprint density at radius 2 is 1.75 bits per heavy atom. The quantitative estimate of drug-likeness (QED) is 0.620. The van der Waals surface area contributed by atoms with Gasteiger partial charge in [0.05, 0.1) is 11.9 Å². The lowest BCUT2D eigenvalue weighted by Gasteiger charge is -2.17. The average molecular weight is 270 g/mol. The normalized spacial score (nSPS) is 10.5. The summed E-state index contributed by atoms with van der Waals surface area (Å²) in [5, 5.41) is 0.985. The molecule has 0 radical (unpaired) electrons. The van der Waals surface area contributed by atoms with E-state index in [9.17, 15) is 9.59 Å². The highest BCUT2D eigenvalue weighted by atomic mass is 16.2. The van der Waals surface area contributed by atoms with Gasteiger partial charge in [-0.2, -0.15) is 0 Å². The molecule has 1 heterocycles. The standard InChI is InChI=1S/C16H18N2O2/c1-3-18(4-2)16(20)11-15(19)14-10-9-12-7-5-6-8-13(12)17-14/h5-10H,3-4,11H2,1-2H3. The van der Waals surface area contributed by atoms with Crippen molar-refractivity contribution in [3.63, 3.8) is 0 Å². The molecule has 1 amide bonds. The first-order valence-electron chi connectivity index (χ1n) is 6.82. The van der Waals surface area contributed by atoms with Crippen LogP contribution in [0.25, 0.3) is 10.9 Å². The van der Waals surface area contributed by atoms with Crippen LogP contribution in [0.15, 0.2) is 36.4 Å². The van der Waals surface area contributed by atoms with Gasteiger partial charge in [0.2, 0.25) is 5.91 Å². The summed E-state index contributed by atoms with van der Waals surface area (Å²) in [5.41, 5.74) is 1.12. The van der Waals surface area contributed by atoms with Crippen LogP contribution in [0.3, 0.4) is 0 Å². The Morgan fingerprint density at radius 3 is 2.45 bits per heavy atom. The van der Waals surface area contributed by atoms with Gasteiger partial charge in [0.1, 0.15) is 5.69 Å². The summed E-state index contributed by atoms with van der Waals surface area (Å²) in [5.74, 6) is -0.373. The summed E-state index contributed by atoms with van der Waals surface area (Å²) in [6.07, 6.45) is -0.118. The predicted octanol–water partition coefficient (Wildman–Crippen LogP) is 2.68. The monoisotopic (exact) mass is 270 g/mol. The van der Waals surface area contributed by atoms with E-state index in [4.69, 9.17) is 0 Å². The van der Waals surface area contributed by atoms with Gasteiger partial charge in [-0.1, -0.05) is 24.3 Å². The minimum absolute atomic E-state index is 0.118. The van der Waals surface area contributed by atoms with Crippen molar-refractivity contribution in [1.29, 1.82) is 0 Å². The van der Waals surface area contributed by atoms with Crippen LogP contribution >= 0.6 is 0 Å². The zero-order valence-corrected chi connectivity index (χ0v) is 11.8. The Balaban J connectivity index is 2.17. The number of fused-ring (bicyclic) bond motifs is 1. The van der Waals surface area contributed by atoms with E-state index in [1.54, 1.807) is 11.0 Å². The lowest BCUT2D eigenvalue weighted by atomic mass is 10.1. The number of rotatable bonds is 5. The minimum Gasteiger partial charge on any atom is -0.343 e. The minimum atomic E-state index is -0.229. The molecule has 2 aromatic rings. The van der Waals surface area contributed by atoms with Gasteiger partial charge in [-0.25, -0.2) is 4.98 Å². The molecule has 0 fully saturated rings. The molecule has 1 aromatic carbocycles. The molecule has 2 rings (SSSR count). The van der Waals surface area contributed by atoms with Gasteiger partial charge in [0, 0.05) is 18.5 Å². The highest BCUT2D eigenvalue weighted by Gasteiger charge is 2.17. The van der Waals surface area contributed by atoms with Crippen LogP contribution in [0.2, 0.25) is 0 Å². The van der Waals surface area contributed by atoms with Gasteiger partial charge in [-0.15, -0.1) is 0 Å². The first-order chi connectivity index (χ1) is 9.65. The van der Waals surface area contributed by atoms with E-state index in [0.717, 1.165) is 10.9 Å². The Bertz CT molecular complexity index is 633. The van der Waals surface area contributed by atoms with E-state index in [1.165, 1.54) is 0 Å². The van der Waals surface area contributed by atoms with E-state index in [1.807, 2.05) is 44.2 Å². The molecule has 0 bridgehead atoms. The molecule has 0 saturated carbocycles. The molecule has 0 aliphatic carbocycles. The third kappa shape index (κ3) is 3.02. The number of Topliss-reactive ketones (excluding diaryl/α,β-unsaturated/α-hetero) is 1. The smallest absolute Gasteiger partial charge is 0.230 e. The average Bonchev–Trinajstić information content (AvgIpc) is 2.48. The number of benzene rings is 1. The summed E-state index contributed by atoms with van der Waals surface area (Å²) >= 11 is 0. The molecule has 20 heavy (non-hydrogen) atoms. The summed E-state index contributed by atoms with van der Waals surface area (Å²) in [6, 6.07) is 11.1. The summed E-state index contributed by atoms with van der Waals surface area (Å²) < 4.78 is 0. The maximum absolute atomic E-state index is 12.1. The fraction of sp³-hybridized carbons (Fsp3) is 0.312. The number of pyridine rings is 1. The maximum Gasteiger partial charge on any atom is 0.230 e. The number of aromatic nitrogens is 1. The van der Waals surface area contributed by atoms with Crippen molar-refractivity contribution in [3.8, 4) is 0 Å². The van der Waals surface area contributed by atoms with E-state index in [0.29, 0.717) is 18.8 Å². The van der Waals surface area contributed by atoms with Gasteiger partial charge in [-0.3, -0.25) is 9.59 Å². The Hall–Kier alpha value is -2.23. The predicted molar refractivity (Wildman–Crippen MR) is 78.6 cm³/mol. The van der Waals surface area contributed by atoms with Crippen LogP contribution in [0, 0.1) is 0 Å². The number of nitrogens with zero attached hydrogens (tertiary/aromatic N) is 2. The highest BCUT2D eigenvalue weighted by molar-refractivity contribution is 6.07. The van der Waals surface area contributed by atoms with Gasteiger partial charge in [0.15, 0.2) is 5.78 Å². The first-order valence-corrected chi connectivity index (χ1v) is 6.82. The van der Waals surface area contributed by atoms with Crippen molar-refractivity contribution in [3.05, 3.63) is 42.1 Å². The van der Waals surface area contributed by atoms with Crippen LogP contribution in [-0.2, 0) is 4.79 Å². The largest absolute Gasteiger partial charge is 0.343 e. The molecule has 0 aliphatic heterocycles. The van der Waals surface area contributed by atoms with Crippen LogP contribution in [0.1, 0.15) is 30.8 Å². The summed E-state index contributed by atoms with van der Waals surface area (Å²) in [4.78, 5) is 30.0. The molecule has 0 spiro atoms. The van der Waals surface area contributed by atoms with E-state index < -0.39 is 0 Å². The summed E-state index contributed by atoms with van der Waals surface area (Å²) in [6.45, 7) is 5.04. The Morgan fingerprint density at radius 1 is 1.05 bits per heavy atom.